The third kappa shape index (κ3) is 6.08. The number of nitro groups is 1. The van der Waals surface area contributed by atoms with Crippen LogP contribution in [0.5, 0.6) is 5.75 Å². The van der Waals surface area contributed by atoms with Crippen molar-refractivity contribution in [3.63, 3.8) is 0 Å². The minimum Gasteiger partial charge on any atom is -0.490 e. The second-order valence-corrected chi connectivity index (χ2v) is 10.5. The number of hydrogen-bond donors (Lipinski definition) is 1. The molecular formula is C28H44N4O5. The molecule has 0 unspecified atom stereocenters. The minimum atomic E-state index is -1.08. The van der Waals surface area contributed by atoms with Gasteiger partial charge in [0.2, 0.25) is 5.91 Å². The van der Waals surface area contributed by atoms with E-state index in [-0.39, 0.29) is 34.7 Å². The maximum absolute atomic E-state index is 14.4. The molecule has 0 heterocycles. The molecule has 2 fully saturated rings. The molecule has 37 heavy (non-hydrogen) atoms. The molecule has 9 heteroatoms. The summed E-state index contributed by atoms with van der Waals surface area (Å²) >= 11 is 0. The van der Waals surface area contributed by atoms with E-state index < -0.39 is 16.4 Å². The number of benzene rings is 1. The molecule has 2 aliphatic rings. The summed E-state index contributed by atoms with van der Waals surface area (Å²) in [7, 11) is 1.35. The van der Waals surface area contributed by atoms with Crippen molar-refractivity contribution < 1.29 is 19.2 Å². The molecule has 0 aromatic heterocycles. The summed E-state index contributed by atoms with van der Waals surface area (Å²) in [5.74, 6) is -0.687. The molecule has 1 aromatic rings. The lowest BCUT2D eigenvalue weighted by atomic mass is 9.62. The highest BCUT2D eigenvalue weighted by atomic mass is 16.6. The normalized spacial score (nSPS) is 17.5. The number of carbonyl (C=O) groups excluding carboxylic acids is 2. The standard InChI is InChI=1S/C28H44N4O5/c1-4-30(5-2)18-19-31(26(33)21-16-17-24(32(35)36)25(20-21)37-3)28(27(29)34,22-12-8-6-9-13-22)23-14-10-7-11-15-23/h16-17,20,22-23H,4-15,18-19H2,1-3H3,(H2,29,34). The van der Waals surface area contributed by atoms with Crippen molar-refractivity contribution in [3.8, 4) is 5.75 Å². The quantitative estimate of drug-likeness (QED) is 0.316. The number of nitro benzene ring substituents is 1. The number of rotatable bonds is 12. The number of nitrogens with two attached hydrogens (primary N) is 1. The summed E-state index contributed by atoms with van der Waals surface area (Å²) in [4.78, 5) is 43.1. The van der Waals surface area contributed by atoms with E-state index in [4.69, 9.17) is 10.5 Å². The van der Waals surface area contributed by atoms with E-state index in [1.165, 1.54) is 25.3 Å². The van der Waals surface area contributed by atoms with E-state index in [0.29, 0.717) is 13.1 Å². The van der Waals surface area contributed by atoms with Crippen LogP contribution in [0.25, 0.3) is 0 Å². The maximum atomic E-state index is 14.4. The van der Waals surface area contributed by atoms with Crippen molar-refractivity contribution in [1.82, 2.24) is 9.80 Å². The van der Waals surface area contributed by atoms with Crippen LogP contribution in [0.2, 0.25) is 0 Å². The summed E-state index contributed by atoms with van der Waals surface area (Å²) < 4.78 is 5.26. The molecule has 9 nitrogen and oxygen atoms in total. The molecule has 2 amide bonds. The van der Waals surface area contributed by atoms with Gasteiger partial charge in [0.15, 0.2) is 5.75 Å². The average Bonchev–Trinajstić information content (AvgIpc) is 2.93. The van der Waals surface area contributed by atoms with E-state index in [0.717, 1.165) is 77.3 Å². The fourth-order valence-electron chi connectivity index (χ4n) is 6.75. The van der Waals surface area contributed by atoms with Crippen molar-refractivity contribution in [2.75, 3.05) is 33.3 Å². The third-order valence-corrected chi connectivity index (χ3v) is 8.70. The smallest absolute Gasteiger partial charge is 0.310 e. The molecular weight excluding hydrogens is 472 g/mol. The van der Waals surface area contributed by atoms with E-state index >= 15 is 0 Å². The van der Waals surface area contributed by atoms with Crippen LogP contribution in [0.1, 0.15) is 88.4 Å². The number of ether oxygens (including phenoxy) is 1. The van der Waals surface area contributed by atoms with Crippen LogP contribution in [0.15, 0.2) is 18.2 Å². The first-order chi connectivity index (χ1) is 17.8. The fourth-order valence-corrected chi connectivity index (χ4v) is 6.75. The highest BCUT2D eigenvalue weighted by Gasteiger charge is 2.56. The molecule has 2 saturated carbocycles. The number of primary amides is 1. The molecule has 3 rings (SSSR count). The molecule has 0 aliphatic heterocycles. The second-order valence-electron chi connectivity index (χ2n) is 10.5. The highest BCUT2D eigenvalue weighted by Crippen LogP contribution is 2.47. The molecule has 0 atom stereocenters. The Morgan fingerprint density at radius 2 is 1.54 bits per heavy atom. The lowest BCUT2D eigenvalue weighted by molar-refractivity contribution is -0.385. The van der Waals surface area contributed by atoms with Crippen molar-refractivity contribution in [1.29, 1.82) is 0 Å². The number of likely N-dealkylation sites (N-methyl/N-ethyl adjacent to an activating group) is 1. The van der Waals surface area contributed by atoms with Crippen molar-refractivity contribution in [2.24, 2.45) is 17.6 Å². The Labute approximate surface area is 220 Å². The third-order valence-electron chi connectivity index (χ3n) is 8.70. The van der Waals surface area contributed by atoms with Gasteiger partial charge in [-0.25, -0.2) is 0 Å². The molecule has 0 saturated heterocycles. The van der Waals surface area contributed by atoms with Crippen LogP contribution >= 0.6 is 0 Å². The van der Waals surface area contributed by atoms with E-state index in [1.54, 1.807) is 4.90 Å². The van der Waals surface area contributed by atoms with Crippen LogP contribution in [0.4, 0.5) is 5.69 Å². The van der Waals surface area contributed by atoms with E-state index in [1.807, 2.05) is 0 Å². The first-order valence-electron chi connectivity index (χ1n) is 14.0. The Bertz CT molecular complexity index is 919. The van der Waals surface area contributed by atoms with Gasteiger partial charge in [-0.15, -0.1) is 0 Å². The molecule has 2 N–H and O–H groups in total. The zero-order valence-corrected chi connectivity index (χ0v) is 22.7. The Kier molecular flexibility index (Phi) is 10.3. The second kappa shape index (κ2) is 13.2. The van der Waals surface area contributed by atoms with Gasteiger partial charge in [-0.05, 0) is 56.7 Å². The maximum Gasteiger partial charge on any atom is 0.310 e. The Morgan fingerprint density at radius 1 is 1.00 bits per heavy atom. The van der Waals surface area contributed by atoms with Gasteiger partial charge in [0, 0.05) is 30.8 Å². The van der Waals surface area contributed by atoms with Gasteiger partial charge < -0.3 is 20.3 Å². The van der Waals surface area contributed by atoms with Gasteiger partial charge in [0.05, 0.1) is 12.0 Å². The van der Waals surface area contributed by atoms with Crippen LogP contribution in [-0.2, 0) is 4.79 Å². The topological polar surface area (TPSA) is 119 Å². The summed E-state index contributed by atoms with van der Waals surface area (Å²) in [6.07, 6.45) is 9.84. The number of amides is 2. The van der Waals surface area contributed by atoms with Crippen molar-refractivity contribution in [3.05, 3.63) is 33.9 Å². The lowest BCUT2D eigenvalue weighted by Crippen LogP contribution is -2.69. The zero-order chi connectivity index (χ0) is 27.0. The first-order valence-corrected chi connectivity index (χ1v) is 14.0. The van der Waals surface area contributed by atoms with E-state index in [2.05, 4.69) is 18.7 Å². The molecule has 0 spiro atoms. The molecule has 0 bridgehead atoms. The van der Waals surface area contributed by atoms with Crippen molar-refractivity contribution >= 4 is 17.5 Å². The Balaban J connectivity index is 2.16. The average molecular weight is 517 g/mol. The predicted octanol–water partition coefficient (Wildman–Crippen LogP) is 4.77. The predicted molar refractivity (Wildman–Crippen MR) is 144 cm³/mol. The van der Waals surface area contributed by atoms with Gasteiger partial charge in [-0.2, -0.15) is 0 Å². The van der Waals surface area contributed by atoms with Gasteiger partial charge in [-0.1, -0.05) is 52.4 Å². The number of hydrogen-bond acceptors (Lipinski definition) is 6. The minimum absolute atomic E-state index is 0.00227. The van der Waals surface area contributed by atoms with Crippen LogP contribution < -0.4 is 10.5 Å². The summed E-state index contributed by atoms with van der Waals surface area (Å²) in [5.41, 5.74) is 5.38. The highest BCUT2D eigenvalue weighted by molar-refractivity contribution is 6.00. The first kappa shape index (κ1) is 28.9. The SMILES string of the molecule is CCN(CC)CCN(C(=O)c1ccc([N+](=O)[O-])c(OC)c1)C(C(N)=O)(C1CCCCC1)C1CCCCC1. The van der Waals surface area contributed by atoms with Crippen molar-refractivity contribution in [2.45, 2.75) is 83.6 Å². The Hall–Kier alpha value is -2.68. The van der Waals surface area contributed by atoms with Gasteiger partial charge in [0.1, 0.15) is 5.54 Å². The fraction of sp³-hybridized carbons (Fsp3) is 0.714. The summed E-state index contributed by atoms with van der Waals surface area (Å²) in [6, 6.07) is 4.21. The molecule has 0 radical (unpaired) electrons. The van der Waals surface area contributed by atoms with Gasteiger partial charge in [-0.3, -0.25) is 19.7 Å². The Morgan fingerprint density at radius 3 is 1.97 bits per heavy atom. The largest absolute Gasteiger partial charge is 0.490 e. The summed E-state index contributed by atoms with van der Waals surface area (Å²) in [6.45, 7) is 6.83. The molecule has 2 aliphatic carbocycles. The van der Waals surface area contributed by atoms with Crippen LogP contribution in [-0.4, -0.2) is 65.4 Å². The van der Waals surface area contributed by atoms with Crippen LogP contribution in [0, 0.1) is 22.0 Å². The van der Waals surface area contributed by atoms with E-state index in [9.17, 15) is 19.7 Å². The van der Waals surface area contributed by atoms with Crippen LogP contribution in [0.3, 0.4) is 0 Å². The van der Waals surface area contributed by atoms with Gasteiger partial charge in [0.25, 0.3) is 5.91 Å². The number of methoxy groups -OCH3 is 1. The number of nitrogens with zero attached hydrogens (tertiary/aromatic N) is 3. The zero-order valence-electron chi connectivity index (χ0n) is 22.7. The lowest BCUT2D eigenvalue weighted by Gasteiger charge is -2.53. The van der Waals surface area contributed by atoms with Gasteiger partial charge >= 0.3 is 5.69 Å². The monoisotopic (exact) mass is 516 g/mol. The molecule has 206 valence electrons. The number of carbonyl (C=O) groups is 2. The summed E-state index contributed by atoms with van der Waals surface area (Å²) in [5, 5.41) is 11.5. The molecule has 1 aromatic carbocycles.